The van der Waals surface area contributed by atoms with Crippen molar-refractivity contribution in [3.05, 3.63) is 0 Å². The van der Waals surface area contributed by atoms with Crippen LogP contribution in [0.3, 0.4) is 0 Å². The standard InChI is InChI=1S/C14H27NO3S/c1-2-15-14(9-12-3-6-18-7-4-12)10-13-5-8-19(16,17)11-13/h12-15H,2-11H2,1H3. The first-order valence-electron chi connectivity index (χ1n) is 7.60. The van der Waals surface area contributed by atoms with Crippen LogP contribution in [0.2, 0.25) is 0 Å². The predicted molar refractivity (Wildman–Crippen MR) is 77.0 cm³/mol. The molecule has 0 aromatic rings. The van der Waals surface area contributed by atoms with E-state index in [0.29, 0.717) is 23.5 Å². The third kappa shape index (κ3) is 5.04. The van der Waals surface area contributed by atoms with Crippen molar-refractivity contribution < 1.29 is 13.2 Å². The molecule has 2 aliphatic rings. The second-order valence-electron chi connectivity index (χ2n) is 6.05. The van der Waals surface area contributed by atoms with E-state index >= 15 is 0 Å². The van der Waals surface area contributed by atoms with E-state index in [9.17, 15) is 8.42 Å². The lowest BCUT2D eigenvalue weighted by atomic mass is 9.88. The molecule has 2 saturated heterocycles. The van der Waals surface area contributed by atoms with Gasteiger partial charge in [-0.05, 0) is 50.5 Å². The maximum absolute atomic E-state index is 11.5. The molecule has 0 bridgehead atoms. The molecule has 2 heterocycles. The van der Waals surface area contributed by atoms with E-state index in [1.807, 2.05) is 0 Å². The lowest BCUT2D eigenvalue weighted by Gasteiger charge is -2.28. The van der Waals surface area contributed by atoms with Gasteiger partial charge < -0.3 is 10.1 Å². The van der Waals surface area contributed by atoms with Crippen molar-refractivity contribution in [2.45, 2.75) is 45.1 Å². The summed E-state index contributed by atoms with van der Waals surface area (Å²) in [5.41, 5.74) is 0. The van der Waals surface area contributed by atoms with Crippen molar-refractivity contribution in [3.8, 4) is 0 Å². The smallest absolute Gasteiger partial charge is 0.150 e. The molecule has 2 fully saturated rings. The highest BCUT2D eigenvalue weighted by molar-refractivity contribution is 7.91. The zero-order valence-electron chi connectivity index (χ0n) is 11.9. The Hall–Kier alpha value is -0.130. The highest BCUT2D eigenvalue weighted by atomic mass is 32.2. The number of nitrogens with one attached hydrogen (secondary N) is 1. The zero-order chi connectivity index (χ0) is 13.7. The fraction of sp³-hybridized carbons (Fsp3) is 1.00. The molecule has 2 unspecified atom stereocenters. The Balaban J connectivity index is 1.81. The van der Waals surface area contributed by atoms with Crippen LogP contribution in [0.4, 0.5) is 0 Å². The van der Waals surface area contributed by atoms with Crippen LogP contribution >= 0.6 is 0 Å². The van der Waals surface area contributed by atoms with Gasteiger partial charge in [-0.25, -0.2) is 8.42 Å². The molecule has 1 N–H and O–H groups in total. The normalized spacial score (nSPS) is 29.4. The average Bonchev–Trinajstić information content (AvgIpc) is 2.70. The van der Waals surface area contributed by atoms with Crippen molar-refractivity contribution in [2.24, 2.45) is 11.8 Å². The van der Waals surface area contributed by atoms with Gasteiger partial charge in [0.25, 0.3) is 0 Å². The van der Waals surface area contributed by atoms with Crippen molar-refractivity contribution in [2.75, 3.05) is 31.3 Å². The van der Waals surface area contributed by atoms with Crippen LogP contribution in [0.25, 0.3) is 0 Å². The molecule has 5 heteroatoms. The Morgan fingerprint density at radius 1 is 1.16 bits per heavy atom. The van der Waals surface area contributed by atoms with Crippen molar-refractivity contribution in [3.63, 3.8) is 0 Å². The van der Waals surface area contributed by atoms with E-state index in [1.54, 1.807) is 0 Å². The fourth-order valence-electron chi connectivity index (χ4n) is 3.40. The van der Waals surface area contributed by atoms with Gasteiger partial charge in [0, 0.05) is 19.3 Å². The third-order valence-electron chi connectivity index (χ3n) is 4.40. The zero-order valence-corrected chi connectivity index (χ0v) is 12.8. The summed E-state index contributed by atoms with van der Waals surface area (Å²) in [7, 11) is -2.74. The number of sulfone groups is 1. The van der Waals surface area contributed by atoms with Gasteiger partial charge in [0.05, 0.1) is 11.5 Å². The molecule has 0 aromatic carbocycles. The molecule has 2 atom stereocenters. The van der Waals surface area contributed by atoms with Crippen molar-refractivity contribution in [1.29, 1.82) is 0 Å². The van der Waals surface area contributed by atoms with Gasteiger partial charge >= 0.3 is 0 Å². The first-order chi connectivity index (χ1) is 9.09. The Kier molecular flexibility index (Phi) is 5.66. The minimum absolute atomic E-state index is 0.369. The highest BCUT2D eigenvalue weighted by Gasteiger charge is 2.30. The maximum atomic E-state index is 11.5. The summed E-state index contributed by atoms with van der Waals surface area (Å²) in [6.45, 7) is 4.87. The molecule has 0 radical (unpaired) electrons. The second-order valence-corrected chi connectivity index (χ2v) is 8.28. The van der Waals surface area contributed by atoms with Gasteiger partial charge in [0.1, 0.15) is 0 Å². The predicted octanol–water partition coefficient (Wildman–Crippen LogP) is 1.61. The number of hydrogen-bond acceptors (Lipinski definition) is 4. The van der Waals surface area contributed by atoms with E-state index in [1.165, 1.54) is 6.42 Å². The topological polar surface area (TPSA) is 55.4 Å². The molecule has 0 amide bonds. The lowest BCUT2D eigenvalue weighted by molar-refractivity contribution is 0.0597. The summed E-state index contributed by atoms with van der Waals surface area (Å²) in [4.78, 5) is 0. The molecule has 0 spiro atoms. The largest absolute Gasteiger partial charge is 0.381 e. The summed E-state index contributed by atoms with van der Waals surface area (Å²) in [6.07, 6.45) is 5.37. The average molecular weight is 289 g/mol. The third-order valence-corrected chi connectivity index (χ3v) is 6.23. The van der Waals surface area contributed by atoms with Crippen LogP contribution in [-0.2, 0) is 14.6 Å². The Morgan fingerprint density at radius 2 is 1.84 bits per heavy atom. The minimum Gasteiger partial charge on any atom is -0.381 e. The summed E-state index contributed by atoms with van der Waals surface area (Å²) < 4.78 is 28.5. The van der Waals surface area contributed by atoms with E-state index in [-0.39, 0.29) is 0 Å². The summed E-state index contributed by atoms with van der Waals surface area (Å²) in [5.74, 6) is 1.92. The van der Waals surface area contributed by atoms with Crippen LogP contribution in [-0.4, -0.2) is 45.7 Å². The molecule has 2 rings (SSSR count). The van der Waals surface area contributed by atoms with Crippen molar-refractivity contribution in [1.82, 2.24) is 5.32 Å². The van der Waals surface area contributed by atoms with Gasteiger partial charge in [-0.3, -0.25) is 0 Å². The molecule has 0 aliphatic carbocycles. The summed E-state index contributed by atoms with van der Waals surface area (Å²) in [6, 6.07) is 0.478. The number of rotatable bonds is 6. The van der Waals surface area contributed by atoms with Crippen LogP contribution in [0.1, 0.15) is 39.0 Å². The minimum atomic E-state index is -2.74. The molecule has 0 saturated carbocycles. The van der Waals surface area contributed by atoms with E-state index in [2.05, 4.69) is 12.2 Å². The van der Waals surface area contributed by atoms with Crippen LogP contribution in [0.5, 0.6) is 0 Å². The van der Waals surface area contributed by atoms with E-state index in [0.717, 1.165) is 51.4 Å². The first-order valence-corrected chi connectivity index (χ1v) is 9.42. The Labute approximate surface area is 117 Å². The maximum Gasteiger partial charge on any atom is 0.150 e. The van der Waals surface area contributed by atoms with Gasteiger partial charge in [-0.2, -0.15) is 0 Å². The van der Waals surface area contributed by atoms with Crippen LogP contribution < -0.4 is 5.32 Å². The highest BCUT2D eigenvalue weighted by Crippen LogP contribution is 2.27. The molecule has 19 heavy (non-hydrogen) atoms. The number of hydrogen-bond donors (Lipinski definition) is 1. The number of ether oxygens (including phenoxy) is 1. The Morgan fingerprint density at radius 3 is 2.42 bits per heavy atom. The summed E-state index contributed by atoms with van der Waals surface area (Å²) >= 11 is 0. The summed E-state index contributed by atoms with van der Waals surface area (Å²) in [5, 5.41) is 3.55. The molecule has 112 valence electrons. The lowest BCUT2D eigenvalue weighted by Crippen LogP contribution is -2.34. The second kappa shape index (κ2) is 7.04. The molecular formula is C14H27NO3S. The SMILES string of the molecule is CCNC(CC1CCOCC1)CC1CCS(=O)(=O)C1. The first kappa shape index (κ1) is 15.3. The molecule has 2 aliphatic heterocycles. The van der Waals surface area contributed by atoms with Crippen LogP contribution in [0.15, 0.2) is 0 Å². The van der Waals surface area contributed by atoms with Crippen LogP contribution in [0, 0.1) is 11.8 Å². The molecule has 4 nitrogen and oxygen atoms in total. The van der Waals surface area contributed by atoms with E-state index < -0.39 is 9.84 Å². The van der Waals surface area contributed by atoms with Gasteiger partial charge in [0.15, 0.2) is 9.84 Å². The van der Waals surface area contributed by atoms with Gasteiger partial charge in [0.2, 0.25) is 0 Å². The van der Waals surface area contributed by atoms with Gasteiger partial charge in [-0.1, -0.05) is 6.92 Å². The Bertz CT molecular complexity index is 363. The molecular weight excluding hydrogens is 262 g/mol. The fourth-order valence-corrected chi connectivity index (χ4v) is 5.28. The van der Waals surface area contributed by atoms with Gasteiger partial charge in [-0.15, -0.1) is 0 Å². The quantitative estimate of drug-likeness (QED) is 0.807. The van der Waals surface area contributed by atoms with E-state index in [4.69, 9.17) is 4.74 Å². The monoisotopic (exact) mass is 289 g/mol. The van der Waals surface area contributed by atoms with Crippen molar-refractivity contribution >= 4 is 9.84 Å². The molecule has 0 aromatic heterocycles.